The third-order valence-corrected chi connectivity index (χ3v) is 3.49. The molecule has 1 aliphatic rings. The number of likely N-dealkylation sites (tertiary alicyclic amines) is 1. The first-order chi connectivity index (χ1) is 8.88. The van der Waals surface area contributed by atoms with E-state index in [2.05, 4.69) is 10.2 Å². The minimum atomic E-state index is 0.717. The molecule has 0 amide bonds. The van der Waals surface area contributed by atoms with Crippen LogP contribution >= 0.6 is 0 Å². The first-order valence-corrected chi connectivity index (χ1v) is 6.83. The van der Waals surface area contributed by atoms with E-state index in [4.69, 9.17) is 9.15 Å². The van der Waals surface area contributed by atoms with Gasteiger partial charge >= 0.3 is 0 Å². The summed E-state index contributed by atoms with van der Waals surface area (Å²) in [6.45, 7) is 6.25. The second kappa shape index (κ2) is 7.56. The van der Waals surface area contributed by atoms with Gasteiger partial charge in [-0.2, -0.15) is 0 Å². The first-order valence-electron chi connectivity index (χ1n) is 6.83. The third-order valence-electron chi connectivity index (χ3n) is 3.49. The summed E-state index contributed by atoms with van der Waals surface area (Å²) in [6, 6.07) is 3.93. The quantitative estimate of drug-likeness (QED) is 0.750. The van der Waals surface area contributed by atoms with Crippen molar-refractivity contribution in [2.24, 2.45) is 5.92 Å². The second-order valence-electron chi connectivity index (χ2n) is 5.02. The minimum Gasteiger partial charge on any atom is -0.468 e. The van der Waals surface area contributed by atoms with Gasteiger partial charge in [0.1, 0.15) is 5.76 Å². The normalized spacial score (nSPS) is 21.3. The Morgan fingerprint density at radius 3 is 3.28 bits per heavy atom. The fourth-order valence-corrected chi connectivity index (χ4v) is 2.59. The van der Waals surface area contributed by atoms with Gasteiger partial charge in [-0.05, 0) is 37.4 Å². The minimum absolute atomic E-state index is 0.717. The van der Waals surface area contributed by atoms with Crippen molar-refractivity contribution in [3.8, 4) is 0 Å². The molecule has 0 aliphatic carbocycles. The van der Waals surface area contributed by atoms with Crippen molar-refractivity contribution in [2.45, 2.75) is 19.4 Å². The number of hydrogen-bond donors (Lipinski definition) is 1. The van der Waals surface area contributed by atoms with E-state index < -0.39 is 0 Å². The van der Waals surface area contributed by atoms with Gasteiger partial charge in [0.15, 0.2) is 0 Å². The van der Waals surface area contributed by atoms with Crippen molar-refractivity contribution in [3.63, 3.8) is 0 Å². The lowest BCUT2D eigenvalue weighted by atomic mass is 9.99. The molecule has 18 heavy (non-hydrogen) atoms. The number of methoxy groups -OCH3 is 1. The van der Waals surface area contributed by atoms with Crippen LogP contribution in [0.2, 0.25) is 0 Å². The summed E-state index contributed by atoms with van der Waals surface area (Å²) in [6.07, 6.45) is 4.33. The highest BCUT2D eigenvalue weighted by Gasteiger charge is 2.18. The van der Waals surface area contributed by atoms with E-state index in [0.29, 0.717) is 5.92 Å². The molecule has 1 aromatic heterocycles. The van der Waals surface area contributed by atoms with Crippen molar-refractivity contribution in [1.82, 2.24) is 10.2 Å². The topological polar surface area (TPSA) is 37.6 Å². The molecule has 0 aromatic carbocycles. The number of nitrogens with one attached hydrogen (secondary N) is 1. The molecule has 4 nitrogen and oxygen atoms in total. The van der Waals surface area contributed by atoms with Crippen LogP contribution < -0.4 is 5.32 Å². The summed E-state index contributed by atoms with van der Waals surface area (Å²) in [5.74, 6) is 1.72. The van der Waals surface area contributed by atoms with Gasteiger partial charge in [0.25, 0.3) is 0 Å². The predicted molar refractivity (Wildman–Crippen MR) is 71.5 cm³/mol. The van der Waals surface area contributed by atoms with Crippen LogP contribution in [0, 0.1) is 5.92 Å². The van der Waals surface area contributed by atoms with Gasteiger partial charge < -0.3 is 19.4 Å². The monoisotopic (exact) mass is 252 g/mol. The Bertz CT molecular complexity index is 312. The SMILES string of the molecule is COCC1CCCN(CCNCc2ccco2)C1. The first kappa shape index (κ1) is 13.6. The molecule has 1 N–H and O–H groups in total. The Hall–Kier alpha value is -0.840. The lowest BCUT2D eigenvalue weighted by molar-refractivity contribution is 0.0910. The molecular weight excluding hydrogens is 228 g/mol. The van der Waals surface area contributed by atoms with E-state index in [1.54, 1.807) is 13.4 Å². The average Bonchev–Trinajstić information content (AvgIpc) is 2.89. The summed E-state index contributed by atoms with van der Waals surface area (Å²) < 4.78 is 10.5. The summed E-state index contributed by atoms with van der Waals surface area (Å²) in [5, 5.41) is 3.42. The van der Waals surface area contributed by atoms with Crippen LogP contribution in [0.3, 0.4) is 0 Å². The Morgan fingerprint density at radius 2 is 2.50 bits per heavy atom. The van der Waals surface area contributed by atoms with Crippen LogP contribution in [0.15, 0.2) is 22.8 Å². The van der Waals surface area contributed by atoms with E-state index in [9.17, 15) is 0 Å². The third kappa shape index (κ3) is 4.44. The molecule has 1 unspecified atom stereocenters. The lowest BCUT2D eigenvalue weighted by Crippen LogP contribution is -2.40. The maximum Gasteiger partial charge on any atom is 0.117 e. The van der Waals surface area contributed by atoms with Crippen molar-refractivity contribution in [2.75, 3.05) is 39.9 Å². The predicted octanol–water partition coefficient (Wildman–Crippen LogP) is 1.73. The standard InChI is InChI=1S/C14H24N2O2/c1-17-12-13-4-2-7-16(11-13)8-6-15-10-14-5-3-9-18-14/h3,5,9,13,15H,2,4,6-8,10-12H2,1H3. The molecular formula is C14H24N2O2. The van der Waals surface area contributed by atoms with Gasteiger partial charge in [0.05, 0.1) is 19.4 Å². The van der Waals surface area contributed by atoms with Crippen LogP contribution in [0.5, 0.6) is 0 Å². The molecule has 0 saturated carbocycles. The van der Waals surface area contributed by atoms with Crippen molar-refractivity contribution in [3.05, 3.63) is 24.2 Å². The molecule has 1 aliphatic heterocycles. The van der Waals surface area contributed by atoms with Crippen LogP contribution in [-0.4, -0.2) is 44.8 Å². The maximum absolute atomic E-state index is 5.28. The maximum atomic E-state index is 5.28. The van der Waals surface area contributed by atoms with Crippen LogP contribution in [0.25, 0.3) is 0 Å². The van der Waals surface area contributed by atoms with Crippen LogP contribution in [0.4, 0.5) is 0 Å². The van der Waals surface area contributed by atoms with Gasteiger partial charge in [-0.25, -0.2) is 0 Å². The number of piperidine rings is 1. The van der Waals surface area contributed by atoms with E-state index in [1.165, 1.54) is 25.9 Å². The van der Waals surface area contributed by atoms with Crippen molar-refractivity contribution < 1.29 is 9.15 Å². The lowest BCUT2D eigenvalue weighted by Gasteiger charge is -2.32. The summed E-state index contributed by atoms with van der Waals surface area (Å²) in [5.41, 5.74) is 0. The molecule has 1 fully saturated rings. The Kier molecular flexibility index (Phi) is 5.71. The zero-order valence-corrected chi connectivity index (χ0v) is 11.2. The van der Waals surface area contributed by atoms with Gasteiger partial charge in [-0.15, -0.1) is 0 Å². The molecule has 2 rings (SSSR count). The smallest absolute Gasteiger partial charge is 0.117 e. The molecule has 2 heterocycles. The molecule has 0 spiro atoms. The molecule has 102 valence electrons. The number of hydrogen-bond acceptors (Lipinski definition) is 4. The van der Waals surface area contributed by atoms with Crippen molar-refractivity contribution >= 4 is 0 Å². The van der Waals surface area contributed by atoms with E-state index in [0.717, 1.165) is 32.0 Å². The number of ether oxygens (including phenoxy) is 1. The number of furan rings is 1. The van der Waals surface area contributed by atoms with Crippen LogP contribution in [0.1, 0.15) is 18.6 Å². The van der Waals surface area contributed by atoms with Gasteiger partial charge in [-0.1, -0.05) is 0 Å². The Morgan fingerprint density at radius 1 is 1.56 bits per heavy atom. The Balaban J connectivity index is 1.58. The van der Waals surface area contributed by atoms with Gasteiger partial charge in [0.2, 0.25) is 0 Å². The second-order valence-corrected chi connectivity index (χ2v) is 5.02. The molecule has 1 saturated heterocycles. The number of rotatable bonds is 7. The number of nitrogens with zero attached hydrogens (tertiary/aromatic N) is 1. The van der Waals surface area contributed by atoms with Gasteiger partial charge in [0, 0.05) is 26.7 Å². The Labute approximate surface area is 109 Å². The van der Waals surface area contributed by atoms with E-state index in [1.807, 2.05) is 12.1 Å². The largest absolute Gasteiger partial charge is 0.468 e. The molecule has 4 heteroatoms. The highest BCUT2D eigenvalue weighted by molar-refractivity contribution is 4.97. The summed E-state index contributed by atoms with van der Waals surface area (Å²) >= 11 is 0. The van der Waals surface area contributed by atoms with E-state index >= 15 is 0 Å². The average molecular weight is 252 g/mol. The van der Waals surface area contributed by atoms with Gasteiger partial charge in [-0.3, -0.25) is 0 Å². The fourth-order valence-electron chi connectivity index (χ4n) is 2.59. The highest BCUT2D eigenvalue weighted by Crippen LogP contribution is 2.15. The molecule has 1 aromatic rings. The zero-order valence-electron chi connectivity index (χ0n) is 11.2. The summed E-state index contributed by atoms with van der Waals surface area (Å²) in [7, 11) is 1.80. The molecule has 0 bridgehead atoms. The highest BCUT2D eigenvalue weighted by atomic mass is 16.5. The fraction of sp³-hybridized carbons (Fsp3) is 0.714. The zero-order chi connectivity index (χ0) is 12.6. The summed E-state index contributed by atoms with van der Waals surface area (Å²) in [4.78, 5) is 2.53. The van der Waals surface area contributed by atoms with Crippen molar-refractivity contribution in [1.29, 1.82) is 0 Å². The van der Waals surface area contributed by atoms with E-state index in [-0.39, 0.29) is 0 Å². The molecule has 0 radical (unpaired) electrons. The van der Waals surface area contributed by atoms with Crippen LogP contribution in [-0.2, 0) is 11.3 Å². The molecule has 1 atom stereocenters.